The Kier molecular flexibility index (Phi) is 8.59. The van der Waals surface area contributed by atoms with Crippen molar-refractivity contribution in [2.75, 3.05) is 14.2 Å². The molecule has 0 bridgehead atoms. The van der Waals surface area contributed by atoms with E-state index in [1.807, 2.05) is 0 Å². The molecule has 110 valence electrons. The van der Waals surface area contributed by atoms with Crippen molar-refractivity contribution in [2.24, 2.45) is 0 Å². The smallest absolute Gasteiger partial charge is 0.349 e. The summed E-state index contributed by atoms with van der Waals surface area (Å²) in [6.45, 7) is 3.85. The average Bonchev–Trinajstić information content (AvgIpc) is 2.31. The number of rotatable bonds is 10. The van der Waals surface area contributed by atoms with E-state index in [1.165, 1.54) is 20.6 Å². The normalized spacial score (nSPS) is 14.8. The Bertz CT molecular complexity index is 264. The quantitative estimate of drug-likeness (QED) is 0.368. The van der Waals surface area contributed by atoms with Gasteiger partial charge in [-0.05, 0) is 13.0 Å². The zero-order chi connectivity index (χ0) is 14.2. The Morgan fingerprint density at radius 1 is 1.11 bits per heavy atom. The van der Waals surface area contributed by atoms with E-state index in [2.05, 4.69) is 6.92 Å². The third-order valence-corrected chi connectivity index (χ3v) is 10.0. The zero-order valence-electron chi connectivity index (χ0n) is 11.9. The molecule has 0 aromatic carbocycles. The summed E-state index contributed by atoms with van der Waals surface area (Å²) in [5.41, 5.74) is 0. The van der Waals surface area contributed by atoms with Crippen LogP contribution in [0.2, 0.25) is 6.55 Å². The Balaban J connectivity index is 4.48. The van der Waals surface area contributed by atoms with Crippen LogP contribution in [0.5, 0.6) is 0 Å². The van der Waals surface area contributed by atoms with E-state index in [-0.39, 0.29) is 0 Å². The summed E-state index contributed by atoms with van der Waals surface area (Å²) >= 11 is 0. The standard InChI is InChI=1S/C11H27O5PSi/c1-5-6-7-8-9-10-11(17(12,13)14)18(4,15-2)16-3/h11H,5-10H2,1-4H3,(H2,12,13,14). The molecule has 0 fully saturated rings. The van der Waals surface area contributed by atoms with Gasteiger partial charge in [0.15, 0.2) is 0 Å². The average molecular weight is 298 g/mol. The molecule has 0 radical (unpaired) electrons. The van der Waals surface area contributed by atoms with Crippen molar-refractivity contribution in [3.05, 3.63) is 0 Å². The molecule has 0 amide bonds. The van der Waals surface area contributed by atoms with Crippen LogP contribution in [0.4, 0.5) is 0 Å². The first-order valence-electron chi connectivity index (χ1n) is 6.47. The molecule has 0 heterocycles. The molecule has 5 nitrogen and oxygen atoms in total. The van der Waals surface area contributed by atoms with Crippen molar-refractivity contribution in [3.8, 4) is 0 Å². The van der Waals surface area contributed by atoms with Crippen LogP contribution in [0.3, 0.4) is 0 Å². The molecule has 0 aliphatic carbocycles. The summed E-state index contributed by atoms with van der Waals surface area (Å²) in [7, 11) is -4.03. The first kappa shape index (κ1) is 18.3. The van der Waals surface area contributed by atoms with E-state index in [9.17, 15) is 14.4 Å². The van der Waals surface area contributed by atoms with Crippen LogP contribution in [-0.4, -0.2) is 37.8 Å². The van der Waals surface area contributed by atoms with Gasteiger partial charge in [0, 0.05) is 14.2 Å². The van der Waals surface area contributed by atoms with Gasteiger partial charge in [-0.3, -0.25) is 4.57 Å². The van der Waals surface area contributed by atoms with Crippen molar-refractivity contribution in [1.29, 1.82) is 0 Å². The van der Waals surface area contributed by atoms with E-state index in [0.29, 0.717) is 6.42 Å². The van der Waals surface area contributed by atoms with Gasteiger partial charge in [-0.1, -0.05) is 39.0 Å². The topological polar surface area (TPSA) is 76.0 Å². The molecule has 0 saturated heterocycles. The lowest BCUT2D eigenvalue weighted by Gasteiger charge is -2.32. The maximum atomic E-state index is 11.6. The number of hydrogen-bond donors (Lipinski definition) is 2. The van der Waals surface area contributed by atoms with Crippen LogP contribution in [0.25, 0.3) is 0 Å². The fourth-order valence-electron chi connectivity index (χ4n) is 2.03. The molecule has 18 heavy (non-hydrogen) atoms. The Morgan fingerprint density at radius 2 is 1.61 bits per heavy atom. The largest absolute Gasteiger partial charge is 0.397 e. The lowest BCUT2D eigenvalue weighted by molar-refractivity contribution is 0.237. The second-order valence-electron chi connectivity index (χ2n) is 4.73. The second kappa shape index (κ2) is 8.46. The maximum Gasteiger partial charge on any atom is 0.349 e. The highest BCUT2D eigenvalue weighted by Gasteiger charge is 2.49. The maximum absolute atomic E-state index is 11.6. The molecule has 0 rings (SSSR count). The monoisotopic (exact) mass is 298 g/mol. The lowest BCUT2D eigenvalue weighted by atomic mass is 10.1. The van der Waals surface area contributed by atoms with Gasteiger partial charge in [-0.2, -0.15) is 0 Å². The molecular weight excluding hydrogens is 271 g/mol. The van der Waals surface area contributed by atoms with Crippen LogP contribution in [0.15, 0.2) is 0 Å². The highest BCUT2D eigenvalue weighted by atomic mass is 31.2. The SMILES string of the molecule is CCCCCCCC([Si](C)(OC)OC)P(=O)(O)O. The van der Waals surface area contributed by atoms with Gasteiger partial charge in [0.1, 0.15) is 5.28 Å². The lowest BCUT2D eigenvalue weighted by Crippen LogP contribution is -2.49. The molecule has 0 aliphatic heterocycles. The Hall–Kier alpha value is 0.287. The van der Waals surface area contributed by atoms with Crippen LogP contribution in [0, 0.1) is 0 Å². The van der Waals surface area contributed by atoms with Crippen LogP contribution in [0.1, 0.15) is 45.4 Å². The third kappa shape index (κ3) is 5.95. The van der Waals surface area contributed by atoms with E-state index < -0.39 is 21.4 Å². The summed E-state index contributed by atoms with van der Waals surface area (Å²) in [5, 5.41) is -0.776. The van der Waals surface area contributed by atoms with Crippen LogP contribution < -0.4 is 0 Å². The van der Waals surface area contributed by atoms with E-state index in [4.69, 9.17) is 8.85 Å². The van der Waals surface area contributed by atoms with Gasteiger partial charge in [0.2, 0.25) is 0 Å². The van der Waals surface area contributed by atoms with Crippen molar-refractivity contribution >= 4 is 16.2 Å². The second-order valence-corrected chi connectivity index (χ2v) is 10.6. The molecule has 2 N–H and O–H groups in total. The predicted octanol–water partition coefficient (Wildman–Crippen LogP) is 2.80. The van der Waals surface area contributed by atoms with Crippen LogP contribution in [-0.2, 0) is 13.4 Å². The molecule has 0 aromatic heterocycles. The van der Waals surface area contributed by atoms with E-state index in [0.717, 1.165) is 25.7 Å². The summed E-state index contributed by atoms with van der Waals surface area (Å²) < 4.78 is 22.1. The predicted molar refractivity (Wildman–Crippen MR) is 74.8 cm³/mol. The summed E-state index contributed by atoms with van der Waals surface area (Å²) in [5.74, 6) is 0. The number of hydrogen-bond acceptors (Lipinski definition) is 3. The Morgan fingerprint density at radius 3 is 2.00 bits per heavy atom. The first-order chi connectivity index (χ1) is 8.31. The third-order valence-electron chi connectivity index (χ3n) is 3.40. The Labute approximate surface area is 111 Å². The zero-order valence-corrected chi connectivity index (χ0v) is 13.8. The molecule has 1 unspecified atom stereocenters. The van der Waals surface area contributed by atoms with Gasteiger partial charge in [0.05, 0.1) is 0 Å². The van der Waals surface area contributed by atoms with Crippen molar-refractivity contribution in [3.63, 3.8) is 0 Å². The highest BCUT2D eigenvalue weighted by molar-refractivity contribution is 7.55. The fourth-order valence-corrected chi connectivity index (χ4v) is 7.07. The molecule has 0 saturated carbocycles. The number of unbranched alkanes of at least 4 members (excludes halogenated alkanes) is 4. The fraction of sp³-hybridized carbons (Fsp3) is 1.00. The van der Waals surface area contributed by atoms with Gasteiger partial charge in [-0.25, -0.2) is 0 Å². The summed E-state index contributed by atoms with van der Waals surface area (Å²) in [6.07, 6.45) is 5.72. The molecule has 7 heteroatoms. The van der Waals surface area contributed by atoms with Gasteiger partial charge < -0.3 is 18.6 Å². The molecular formula is C11H27O5PSi. The summed E-state index contributed by atoms with van der Waals surface area (Å²) in [4.78, 5) is 18.9. The minimum absolute atomic E-state index is 0.471. The van der Waals surface area contributed by atoms with Gasteiger partial charge >= 0.3 is 16.2 Å². The van der Waals surface area contributed by atoms with Crippen LogP contribution >= 0.6 is 7.60 Å². The minimum Gasteiger partial charge on any atom is -0.397 e. The molecule has 0 aliphatic rings. The minimum atomic E-state index is -4.17. The molecule has 1 atom stereocenters. The van der Waals surface area contributed by atoms with Crippen molar-refractivity contribution in [1.82, 2.24) is 0 Å². The summed E-state index contributed by atoms with van der Waals surface area (Å²) in [6, 6.07) is 0. The van der Waals surface area contributed by atoms with Gasteiger partial charge in [0.25, 0.3) is 0 Å². The highest BCUT2D eigenvalue weighted by Crippen LogP contribution is 2.48. The van der Waals surface area contributed by atoms with E-state index >= 15 is 0 Å². The first-order valence-corrected chi connectivity index (χ1v) is 10.5. The van der Waals surface area contributed by atoms with Crippen molar-refractivity contribution in [2.45, 2.75) is 57.3 Å². The van der Waals surface area contributed by atoms with E-state index in [1.54, 1.807) is 6.55 Å². The molecule has 0 spiro atoms. The van der Waals surface area contributed by atoms with Gasteiger partial charge in [-0.15, -0.1) is 0 Å². The van der Waals surface area contributed by atoms with Crippen molar-refractivity contribution < 1.29 is 23.2 Å². The molecule has 0 aromatic rings.